The molecular weight excluding hydrogens is 252 g/mol. The molecule has 0 atom stereocenters. The van der Waals surface area contributed by atoms with Crippen molar-refractivity contribution in [3.8, 4) is 5.75 Å². The number of rotatable bonds is 5. The van der Waals surface area contributed by atoms with Crippen LogP contribution in [-0.2, 0) is 11.2 Å². The Balaban J connectivity index is 1.78. The van der Waals surface area contributed by atoms with E-state index in [-0.39, 0.29) is 11.7 Å². The predicted octanol–water partition coefficient (Wildman–Crippen LogP) is 2.48. The number of hydrogen-bond donors (Lipinski definition) is 2. The van der Waals surface area contributed by atoms with Crippen molar-refractivity contribution >= 4 is 12.1 Å². The fourth-order valence-electron chi connectivity index (χ4n) is 1.74. The van der Waals surface area contributed by atoms with Crippen LogP contribution in [0.5, 0.6) is 5.75 Å². The van der Waals surface area contributed by atoms with E-state index in [0.717, 1.165) is 11.1 Å². The van der Waals surface area contributed by atoms with Crippen LogP contribution in [0.15, 0.2) is 59.7 Å². The number of aromatic hydroxyl groups is 1. The van der Waals surface area contributed by atoms with Crippen molar-refractivity contribution in [1.82, 2.24) is 5.43 Å². The van der Waals surface area contributed by atoms with Gasteiger partial charge in [0.15, 0.2) is 0 Å². The first kappa shape index (κ1) is 13.8. The van der Waals surface area contributed by atoms with Gasteiger partial charge in [-0.25, -0.2) is 5.43 Å². The van der Waals surface area contributed by atoms with Gasteiger partial charge in [-0.3, -0.25) is 4.79 Å². The second-order valence-electron chi connectivity index (χ2n) is 4.37. The molecule has 0 saturated heterocycles. The Bertz CT molecular complexity index is 594. The van der Waals surface area contributed by atoms with Gasteiger partial charge in [0, 0.05) is 6.42 Å². The van der Waals surface area contributed by atoms with Crippen molar-refractivity contribution in [2.24, 2.45) is 5.10 Å². The first-order valence-electron chi connectivity index (χ1n) is 6.39. The molecule has 0 radical (unpaired) electrons. The summed E-state index contributed by atoms with van der Waals surface area (Å²) < 4.78 is 0. The maximum Gasteiger partial charge on any atom is 0.240 e. The summed E-state index contributed by atoms with van der Waals surface area (Å²) in [6.45, 7) is 0. The van der Waals surface area contributed by atoms with Gasteiger partial charge < -0.3 is 5.11 Å². The topological polar surface area (TPSA) is 61.7 Å². The van der Waals surface area contributed by atoms with Crippen molar-refractivity contribution in [3.63, 3.8) is 0 Å². The number of benzene rings is 2. The van der Waals surface area contributed by atoms with E-state index in [1.54, 1.807) is 24.3 Å². The minimum Gasteiger partial charge on any atom is -0.508 e. The number of hydrogen-bond acceptors (Lipinski definition) is 3. The van der Waals surface area contributed by atoms with E-state index in [2.05, 4.69) is 10.5 Å². The third kappa shape index (κ3) is 4.57. The van der Waals surface area contributed by atoms with Gasteiger partial charge in [0.1, 0.15) is 5.75 Å². The molecule has 0 saturated carbocycles. The lowest BCUT2D eigenvalue weighted by atomic mass is 10.1. The Morgan fingerprint density at radius 3 is 2.70 bits per heavy atom. The first-order chi connectivity index (χ1) is 9.74. The second-order valence-corrected chi connectivity index (χ2v) is 4.37. The quantitative estimate of drug-likeness (QED) is 0.646. The monoisotopic (exact) mass is 268 g/mol. The predicted molar refractivity (Wildman–Crippen MR) is 78.6 cm³/mol. The standard InChI is InChI=1S/C16H16N2O2/c19-15-8-4-7-14(11-15)12-17-18-16(20)10-9-13-5-2-1-3-6-13/h1-8,11-12,19H,9-10H2,(H,18,20)/b17-12-. The number of nitrogens with zero attached hydrogens (tertiary/aromatic N) is 1. The van der Waals surface area contributed by atoms with Gasteiger partial charge in [0.25, 0.3) is 0 Å². The highest BCUT2D eigenvalue weighted by Gasteiger charge is 2.00. The number of amides is 1. The molecule has 2 rings (SSSR count). The summed E-state index contributed by atoms with van der Waals surface area (Å²) in [5.74, 6) is 0.0367. The number of nitrogens with one attached hydrogen (secondary N) is 1. The number of hydrazone groups is 1. The summed E-state index contributed by atoms with van der Waals surface area (Å²) in [6.07, 6.45) is 2.58. The molecule has 4 nitrogen and oxygen atoms in total. The Hall–Kier alpha value is -2.62. The Labute approximate surface area is 117 Å². The molecule has 0 aliphatic rings. The molecule has 0 spiro atoms. The molecule has 1 amide bonds. The van der Waals surface area contributed by atoms with Crippen LogP contribution in [0.25, 0.3) is 0 Å². The van der Waals surface area contributed by atoms with E-state index in [1.807, 2.05) is 30.3 Å². The largest absolute Gasteiger partial charge is 0.508 e. The van der Waals surface area contributed by atoms with Crippen LogP contribution in [0.4, 0.5) is 0 Å². The molecule has 0 heterocycles. The average Bonchev–Trinajstić information content (AvgIpc) is 2.46. The smallest absolute Gasteiger partial charge is 0.240 e. The number of aryl methyl sites for hydroxylation is 1. The summed E-state index contributed by atoms with van der Waals surface area (Å²) in [5.41, 5.74) is 4.32. The van der Waals surface area contributed by atoms with E-state index < -0.39 is 0 Å². The minimum absolute atomic E-state index is 0.134. The molecule has 2 aromatic rings. The number of phenols is 1. The van der Waals surface area contributed by atoms with Gasteiger partial charge >= 0.3 is 0 Å². The van der Waals surface area contributed by atoms with Crippen molar-refractivity contribution in [2.75, 3.05) is 0 Å². The van der Waals surface area contributed by atoms with E-state index in [1.165, 1.54) is 6.21 Å². The van der Waals surface area contributed by atoms with E-state index >= 15 is 0 Å². The Morgan fingerprint density at radius 1 is 1.15 bits per heavy atom. The molecule has 4 heteroatoms. The van der Waals surface area contributed by atoms with Crippen LogP contribution in [0.1, 0.15) is 17.5 Å². The van der Waals surface area contributed by atoms with Crippen LogP contribution in [0, 0.1) is 0 Å². The highest BCUT2D eigenvalue weighted by molar-refractivity contribution is 5.82. The maximum absolute atomic E-state index is 11.6. The molecule has 0 aliphatic heterocycles. The lowest BCUT2D eigenvalue weighted by Crippen LogP contribution is -2.17. The van der Waals surface area contributed by atoms with Crippen LogP contribution in [0.2, 0.25) is 0 Å². The number of carbonyl (C=O) groups excluding carboxylic acids is 1. The number of carbonyl (C=O) groups is 1. The SMILES string of the molecule is O=C(CCc1ccccc1)N/N=C\c1cccc(O)c1. The van der Waals surface area contributed by atoms with Crippen LogP contribution in [0.3, 0.4) is 0 Å². The van der Waals surface area contributed by atoms with Gasteiger partial charge in [-0.05, 0) is 29.7 Å². The molecule has 0 unspecified atom stereocenters. The van der Waals surface area contributed by atoms with Crippen molar-refractivity contribution in [3.05, 3.63) is 65.7 Å². The summed E-state index contributed by atoms with van der Waals surface area (Å²) >= 11 is 0. The zero-order chi connectivity index (χ0) is 14.2. The average molecular weight is 268 g/mol. The first-order valence-corrected chi connectivity index (χ1v) is 6.39. The van der Waals surface area contributed by atoms with Gasteiger partial charge in [0.2, 0.25) is 5.91 Å². The zero-order valence-corrected chi connectivity index (χ0v) is 11.0. The molecular formula is C16H16N2O2. The van der Waals surface area contributed by atoms with E-state index in [0.29, 0.717) is 12.8 Å². The molecule has 20 heavy (non-hydrogen) atoms. The molecule has 0 fully saturated rings. The number of phenolic OH excluding ortho intramolecular Hbond substituents is 1. The molecule has 0 aromatic heterocycles. The molecule has 2 N–H and O–H groups in total. The zero-order valence-electron chi connectivity index (χ0n) is 11.0. The van der Waals surface area contributed by atoms with E-state index in [4.69, 9.17) is 0 Å². The molecule has 0 bridgehead atoms. The van der Waals surface area contributed by atoms with Crippen molar-refractivity contribution < 1.29 is 9.90 Å². The van der Waals surface area contributed by atoms with Crippen LogP contribution in [-0.4, -0.2) is 17.2 Å². The van der Waals surface area contributed by atoms with Gasteiger partial charge in [0.05, 0.1) is 6.21 Å². The summed E-state index contributed by atoms with van der Waals surface area (Å²) in [7, 11) is 0. The second kappa shape index (κ2) is 7.09. The van der Waals surface area contributed by atoms with Crippen molar-refractivity contribution in [2.45, 2.75) is 12.8 Å². The highest BCUT2D eigenvalue weighted by Crippen LogP contribution is 2.08. The highest BCUT2D eigenvalue weighted by atomic mass is 16.3. The van der Waals surface area contributed by atoms with Crippen molar-refractivity contribution in [1.29, 1.82) is 0 Å². The minimum atomic E-state index is -0.134. The van der Waals surface area contributed by atoms with Gasteiger partial charge in [-0.2, -0.15) is 5.10 Å². The lowest BCUT2D eigenvalue weighted by molar-refractivity contribution is -0.121. The third-order valence-electron chi connectivity index (χ3n) is 2.76. The lowest BCUT2D eigenvalue weighted by Gasteiger charge is -2.00. The molecule has 102 valence electrons. The molecule has 2 aromatic carbocycles. The van der Waals surface area contributed by atoms with Crippen LogP contribution >= 0.6 is 0 Å². The third-order valence-corrected chi connectivity index (χ3v) is 2.76. The van der Waals surface area contributed by atoms with Gasteiger partial charge in [-0.15, -0.1) is 0 Å². The van der Waals surface area contributed by atoms with Gasteiger partial charge in [-0.1, -0.05) is 42.5 Å². The summed E-state index contributed by atoms with van der Waals surface area (Å²) in [5, 5.41) is 13.1. The Kier molecular flexibility index (Phi) is 4.89. The maximum atomic E-state index is 11.6. The summed E-state index contributed by atoms with van der Waals surface area (Å²) in [4.78, 5) is 11.6. The summed E-state index contributed by atoms with van der Waals surface area (Å²) in [6, 6.07) is 16.5. The molecule has 0 aliphatic carbocycles. The Morgan fingerprint density at radius 2 is 1.95 bits per heavy atom. The fraction of sp³-hybridized carbons (Fsp3) is 0.125. The van der Waals surface area contributed by atoms with E-state index in [9.17, 15) is 9.90 Å². The normalized spacial score (nSPS) is 10.6. The fourth-order valence-corrected chi connectivity index (χ4v) is 1.74. The van der Waals surface area contributed by atoms with Crippen LogP contribution < -0.4 is 5.43 Å².